The fourth-order valence-corrected chi connectivity index (χ4v) is 4.26. The standard InChI is InChI=1S/C20H23N3O6S.C2HF3O2/c1-2-29-20(26)23-12-10-22(11-13-23)18-9-8-15(19(24)25)14-17(18)21-30(27,28)16-6-4-3-5-7-16;3-2(4,5)1(6)7/h3-9,14,21H,2,10-13H2,1H3,(H,24,25);(H,6,7). The van der Waals surface area contributed by atoms with E-state index in [1.54, 1.807) is 36.1 Å². The highest BCUT2D eigenvalue weighted by atomic mass is 32.2. The molecule has 0 unspecified atom stereocenters. The van der Waals surface area contributed by atoms with Gasteiger partial charge in [0.2, 0.25) is 0 Å². The molecule has 3 N–H and O–H groups in total. The van der Waals surface area contributed by atoms with Gasteiger partial charge in [0.15, 0.2) is 0 Å². The van der Waals surface area contributed by atoms with Crippen LogP contribution in [0, 0.1) is 0 Å². The van der Waals surface area contributed by atoms with Crippen molar-refractivity contribution < 1.29 is 50.9 Å². The minimum atomic E-state index is -5.08. The minimum Gasteiger partial charge on any atom is -0.478 e. The number of anilines is 2. The van der Waals surface area contributed by atoms with Crippen LogP contribution in [0.3, 0.4) is 0 Å². The van der Waals surface area contributed by atoms with Crippen molar-refractivity contribution in [3.8, 4) is 0 Å². The van der Waals surface area contributed by atoms with Crippen molar-refractivity contribution in [2.75, 3.05) is 42.4 Å². The zero-order chi connectivity index (χ0) is 27.8. The van der Waals surface area contributed by atoms with E-state index < -0.39 is 28.1 Å². The molecular weight excluding hydrogens is 523 g/mol. The van der Waals surface area contributed by atoms with Crippen molar-refractivity contribution in [1.82, 2.24) is 4.90 Å². The average Bonchev–Trinajstić information content (AvgIpc) is 2.84. The van der Waals surface area contributed by atoms with Crippen molar-refractivity contribution in [2.45, 2.75) is 18.0 Å². The second-order valence-corrected chi connectivity index (χ2v) is 9.11. The van der Waals surface area contributed by atoms with Gasteiger partial charge in [-0.25, -0.2) is 22.8 Å². The number of ether oxygens (including phenoxy) is 1. The summed E-state index contributed by atoms with van der Waals surface area (Å²) in [6.07, 6.45) is -5.47. The Balaban J connectivity index is 0.000000604. The number of carboxylic acid groups (broad SMARTS) is 2. The number of aliphatic carboxylic acids is 1. The van der Waals surface area contributed by atoms with Gasteiger partial charge in [0.05, 0.1) is 28.4 Å². The lowest BCUT2D eigenvalue weighted by Crippen LogP contribution is -2.49. The summed E-state index contributed by atoms with van der Waals surface area (Å²) in [5.74, 6) is -3.92. The van der Waals surface area contributed by atoms with E-state index in [1.807, 2.05) is 4.90 Å². The van der Waals surface area contributed by atoms with Gasteiger partial charge in [0, 0.05) is 26.2 Å². The summed E-state index contributed by atoms with van der Waals surface area (Å²) in [6, 6.07) is 12.1. The average molecular weight is 548 g/mol. The Hall–Kier alpha value is -4.01. The number of benzene rings is 2. The molecule has 11 nitrogen and oxygen atoms in total. The van der Waals surface area contributed by atoms with Crippen LogP contribution in [0.5, 0.6) is 0 Å². The monoisotopic (exact) mass is 547 g/mol. The summed E-state index contributed by atoms with van der Waals surface area (Å²) in [7, 11) is -3.90. The normalized spacial score (nSPS) is 13.7. The summed E-state index contributed by atoms with van der Waals surface area (Å²) in [5, 5.41) is 16.4. The predicted octanol–water partition coefficient (Wildman–Crippen LogP) is 3.10. The number of halogens is 3. The highest BCUT2D eigenvalue weighted by Gasteiger charge is 2.38. The fourth-order valence-electron chi connectivity index (χ4n) is 3.17. The zero-order valence-electron chi connectivity index (χ0n) is 19.4. The van der Waals surface area contributed by atoms with E-state index in [-0.39, 0.29) is 22.2 Å². The molecule has 1 fully saturated rings. The summed E-state index contributed by atoms with van der Waals surface area (Å²) >= 11 is 0. The van der Waals surface area contributed by atoms with E-state index in [1.165, 1.54) is 24.3 Å². The maximum atomic E-state index is 12.8. The third kappa shape index (κ3) is 8.27. The number of nitrogens with zero attached hydrogens (tertiary/aromatic N) is 2. The van der Waals surface area contributed by atoms with E-state index in [4.69, 9.17) is 14.6 Å². The van der Waals surface area contributed by atoms with Gasteiger partial charge in [-0.3, -0.25) is 4.72 Å². The van der Waals surface area contributed by atoms with E-state index in [2.05, 4.69) is 4.72 Å². The fraction of sp³-hybridized carbons (Fsp3) is 0.318. The SMILES string of the molecule is CCOC(=O)N1CCN(c2ccc(C(=O)O)cc2NS(=O)(=O)c2ccccc2)CC1.O=C(O)C(F)(F)F. The van der Waals surface area contributed by atoms with Gasteiger partial charge < -0.3 is 24.7 Å². The van der Waals surface area contributed by atoms with E-state index in [0.717, 1.165) is 0 Å². The third-order valence-electron chi connectivity index (χ3n) is 4.93. The summed E-state index contributed by atoms with van der Waals surface area (Å²) < 4.78 is 64.8. The van der Waals surface area contributed by atoms with Gasteiger partial charge in [-0.1, -0.05) is 18.2 Å². The smallest absolute Gasteiger partial charge is 0.478 e. The molecular formula is C22H24F3N3O8S. The molecule has 0 radical (unpaired) electrons. The Morgan fingerprint density at radius 1 is 1.00 bits per heavy atom. The lowest BCUT2D eigenvalue weighted by molar-refractivity contribution is -0.192. The quantitative estimate of drug-likeness (QED) is 0.495. The molecule has 1 heterocycles. The Labute approximate surface area is 210 Å². The van der Waals surface area contributed by atoms with Crippen LogP contribution in [-0.2, 0) is 19.6 Å². The number of carbonyl (C=O) groups is 3. The van der Waals surface area contributed by atoms with Crippen LogP contribution in [0.4, 0.5) is 29.3 Å². The molecule has 202 valence electrons. The summed E-state index contributed by atoms with van der Waals surface area (Å²) in [6.45, 7) is 3.75. The number of amides is 1. The first-order chi connectivity index (χ1) is 17.3. The van der Waals surface area contributed by atoms with Gasteiger partial charge >= 0.3 is 24.2 Å². The molecule has 1 aliphatic rings. The van der Waals surface area contributed by atoms with Gasteiger partial charge in [-0.05, 0) is 37.3 Å². The Morgan fingerprint density at radius 2 is 1.57 bits per heavy atom. The van der Waals surface area contributed by atoms with E-state index in [0.29, 0.717) is 38.5 Å². The number of hydrogen-bond donors (Lipinski definition) is 3. The zero-order valence-corrected chi connectivity index (χ0v) is 20.3. The molecule has 0 bridgehead atoms. The number of alkyl halides is 3. The highest BCUT2D eigenvalue weighted by Crippen LogP contribution is 2.30. The van der Waals surface area contributed by atoms with Crippen LogP contribution >= 0.6 is 0 Å². The van der Waals surface area contributed by atoms with Crippen LogP contribution in [0.15, 0.2) is 53.4 Å². The lowest BCUT2D eigenvalue weighted by atomic mass is 10.1. The van der Waals surface area contributed by atoms with Gasteiger partial charge in [-0.2, -0.15) is 13.2 Å². The summed E-state index contributed by atoms with van der Waals surface area (Å²) in [5.41, 5.74) is 0.682. The largest absolute Gasteiger partial charge is 0.490 e. The molecule has 1 aliphatic heterocycles. The Bertz CT molecular complexity index is 1220. The Kier molecular flexibility index (Phi) is 9.71. The second-order valence-electron chi connectivity index (χ2n) is 7.43. The molecule has 0 atom stereocenters. The number of hydrogen-bond acceptors (Lipinski definition) is 7. The van der Waals surface area contributed by atoms with Gasteiger partial charge in [0.25, 0.3) is 10.0 Å². The van der Waals surface area contributed by atoms with Crippen molar-refractivity contribution >= 4 is 39.4 Å². The number of nitrogens with one attached hydrogen (secondary N) is 1. The topological polar surface area (TPSA) is 154 Å². The van der Waals surface area contributed by atoms with Gasteiger partial charge in [-0.15, -0.1) is 0 Å². The lowest BCUT2D eigenvalue weighted by Gasteiger charge is -2.36. The molecule has 3 rings (SSSR count). The molecule has 0 aromatic heterocycles. The molecule has 15 heteroatoms. The number of piperazine rings is 1. The molecule has 0 aliphatic carbocycles. The van der Waals surface area contributed by atoms with Crippen molar-refractivity contribution in [1.29, 1.82) is 0 Å². The third-order valence-corrected chi connectivity index (χ3v) is 6.31. The first kappa shape index (κ1) is 29.2. The molecule has 2 aromatic carbocycles. The van der Waals surface area contributed by atoms with Crippen LogP contribution in [0.2, 0.25) is 0 Å². The Morgan fingerprint density at radius 3 is 2.05 bits per heavy atom. The number of rotatable bonds is 6. The van der Waals surface area contributed by atoms with Crippen LogP contribution in [0.25, 0.3) is 0 Å². The molecule has 1 amide bonds. The van der Waals surface area contributed by atoms with Crippen LogP contribution in [0.1, 0.15) is 17.3 Å². The van der Waals surface area contributed by atoms with E-state index >= 15 is 0 Å². The van der Waals surface area contributed by atoms with Crippen molar-refractivity contribution in [3.63, 3.8) is 0 Å². The molecule has 0 spiro atoms. The maximum Gasteiger partial charge on any atom is 0.490 e. The second kappa shape index (κ2) is 12.3. The van der Waals surface area contributed by atoms with Gasteiger partial charge in [0.1, 0.15) is 0 Å². The molecule has 2 aromatic rings. The number of sulfonamides is 1. The maximum absolute atomic E-state index is 12.8. The van der Waals surface area contributed by atoms with Crippen molar-refractivity contribution in [2.24, 2.45) is 0 Å². The predicted molar refractivity (Wildman–Crippen MR) is 125 cm³/mol. The number of carboxylic acids is 2. The number of carbonyl (C=O) groups excluding carboxylic acids is 1. The first-order valence-corrected chi connectivity index (χ1v) is 12.2. The summed E-state index contributed by atoms with van der Waals surface area (Å²) in [4.78, 5) is 35.8. The minimum absolute atomic E-state index is 0.0327. The number of aromatic carboxylic acids is 1. The molecule has 1 saturated heterocycles. The van der Waals surface area contributed by atoms with Crippen LogP contribution in [-0.4, -0.2) is 80.5 Å². The highest BCUT2D eigenvalue weighted by molar-refractivity contribution is 7.92. The molecule has 37 heavy (non-hydrogen) atoms. The van der Waals surface area contributed by atoms with Crippen LogP contribution < -0.4 is 9.62 Å². The molecule has 0 saturated carbocycles. The van der Waals surface area contributed by atoms with E-state index in [9.17, 15) is 36.3 Å². The van der Waals surface area contributed by atoms with Crippen molar-refractivity contribution in [3.05, 3.63) is 54.1 Å². The first-order valence-electron chi connectivity index (χ1n) is 10.7.